The molecule has 1 aliphatic rings. The minimum atomic E-state index is -0.873. The first kappa shape index (κ1) is 19.2. The molecule has 0 fully saturated rings. The maximum Gasteiger partial charge on any atom is 0.294 e. The zero-order valence-electron chi connectivity index (χ0n) is 15.8. The predicted octanol–water partition coefficient (Wildman–Crippen LogP) is 3.09. The Balaban J connectivity index is 2.03. The Hall–Kier alpha value is -3.62. The van der Waals surface area contributed by atoms with Crippen LogP contribution in [0.1, 0.15) is 29.8 Å². The highest BCUT2D eigenvalue weighted by Crippen LogP contribution is 2.42. The van der Waals surface area contributed by atoms with Gasteiger partial charge in [0.1, 0.15) is 17.2 Å². The first-order valence-corrected chi connectivity index (χ1v) is 8.36. The van der Waals surface area contributed by atoms with Crippen LogP contribution < -0.4 is 20.1 Å². The molecule has 0 aliphatic carbocycles. The molecule has 0 spiro atoms. The van der Waals surface area contributed by atoms with Gasteiger partial charge >= 0.3 is 0 Å². The molecule has 146 valence electrons. The van der Waals surface area contributed by atoms with Gasteiger partial charge in [-0.3, -0.25) is 19.7 Å². The number of nitro groups is 1. The zero-order chi connectivity index (χ0) is 20.6. The number of hydrogen-bond donors (Lipinski definition) is 2. The largest absolute Gasteiger partial charge is 0.497 e. The number of amides is 2. The van der Waals surface area contributed by atoms with Crippen LogP contribution in [0.15, 0.2) is 30.3 Å². The van der Waals surface area contributed by atoms with Crippen LogP contribution in [0.3, 0.4) is 0 Å². The smallest absolute Gasteiger partial charge is 0.294 e. The Labute approximate surface area is 160 Å². The van der Waals surface area contributed by atoms with Crippen LogP contribution in [-0.2, 0) is 10.2 Å². The van der Waals surface area contributed by atoms with Gasteiger partial charge in [-0.15, -0.1) is 0 Å². The summed E-state index contributed by atoms with van der Waals surface area (Å²) in [6.07, 6.45) is 0. The minimum absolute atomic E-state index is 0.00352. The Kier molecular flexibility index (Phi) is 4.68. The predicted molar refractivity (Wildman–Crippen MR) is 102 cm³/mol. The first-order chi connectivity index (χ1) is 13.2. The summed E-state index contributed by atoms with van der Waals surface area (Å²) in [6.45, 7) is 3.41. The molecule has 28 heavy (non-hydrogen) atoms. The average molecular weight is 385 g/mol. The van der Waals surface area contributed by atoms with Crippen LogP contribution in [0, 0.1) is 10.1 Å². The second kappa shape index (κ2) is 6.84. The highest BCUT2D eigenvalue weighted by Gasteiger charge is 2.40. The van der Waals surface area contributed by atoms with Crippen molar-refractivity contribution in [3.63, 3.8) is 0 Å². The minimum Gasteiger partial charge on any atom is -0.497 e. The number of fused-ring (bicyclic) bond motifs is 1. The Morgan fingerprint density at radius 3 is 2.50 bits per heavy atom. The summed E-state index contributed by atoms with van der Waals surface area (Å²) >= 11 is 0. The van der Waals surface area contributed by atoms with Gasteiger partial charge in [0.05, 0.1) is 35.8 Å². The lowest BCUT2D eigenvalue weighted by Gasteiger charge is -2.16. The second-order valence-corrected chi connectivity index (χ2v) is 6.77. The lowest BCUT2D eigenvalue weighted by Crippen LogP contribution is -2.27. The van der Waals surface area contributed by atoms with Gasteiger partial charge in [0.15, 0.2) is 0 Å². The van der Waals surface area contributed by atoms with Crippen molar-refractivity contribution in [2.45, 2.75) is 19.3 Å². The van der Waals surface area contributed by atoms with E-state index in [4.69, 9.17) is 9.47 Å². The molecule has 0 bridgehead atoms. The summed E-state index contributed by atoms with van der Waals surface area (Å²) in [5.41, 5.74) is -0.0796. The Morgan fingerprint density at radius 2 is 1.89 bits per heavy atom. The summed E-state index contributed by atoms with van der Waals surface area (Å²) in [5, 5.41) is 16.7. The standard InChI is InChI=1S/C19H19N3O6/c1-19(2)12-8-14(15(22(25)26)9-13(12)21-18(19)24)20-17(23)11-6-5-10(27-3)7-16(11)28-4/h5-9H,1-4H3,(H,20,23)(H,21,24). The summed E-state index contributed by atoms with van der Waals surface area (Å²) in [5.74, 6) is -0.0872. The third kappa shape index (κ3) is 3.11. The summed E-state index contributed by atoms with van der Waals surface area (Å²) in [7, 11) is 2.89. The van der Waals surface area contributed by atoms with E-state index in [1.807, 2.05) is 0 Å². The first-order valence-electron chi connectivity index (χ1n) is 8.36. The van der Waals surface area contributed by atoms with Gasteiger partial charge in [-0.25, -0.2) is 0 Å². The third-order valence-electron chi connectivity index (χ3n) is 4.72. The van der Waals surface area contributed by atoms with Gasteiger partial charge in [0, 0.05) is 12.1 Å². The van der Waals surface area contributed by atoms with Crippen LogP contribution in [0.4, 0.5) is 17.1 Å². The van der Waals surface area contributed by atoms with Crippen molar-refractivity contribution in [3.8, 4) is 11.5 Å². The molecule has 0 unspecified atom stereocenters. The molecule has 0 saturated carbocycles. The van der Waals surface area contributed by atoms with E-state index in [2.05, 4.69) is 10.6 Å². The number of carbonyl (C=O) groups is 2. The third-order valence-corrected chi connectivity index (χ3v) is 4.72. The average Bonchev–Trinajstić information content (AvgIpc) is 2.89. The van der Waals surface area contributed by atoms with Crippen molar-refractivity contribution in [2.24, 2.45) is 0 Å². The van der Waals surface area contributed by atoms with E-state index in [0.29, 0.717) is 17.0 Å². The number of hydrogen-bond acceptors (Lipinski definition) is 6. The highest BCUT2D eigenvalue weighted by atomic mass is 16.6. The fourth-order valence-electron chi connectivity index (χ4n) is 3.04. The molecule has 2 N–H and O–H groups in total. The molecule has 0 radical (unpaired) electrons. The fourth-order valence-corrected chi connectivity index (χ4v) is 3.04. The van der Waals surface area contributed by atoms with Gasteiger partial charge in [0.25, 0.3) is 11.6 Å². The lowest BCUT2D eigenvalue weighted by molar-refractivity contribution is -0.383. The molecule has 1 aliphatic heterocycles. The van der Waals surface area contributed by atoms with Gasteiger partial charge in [-0.1, -0.05) is 0 Å². The van der Waals surface area contributed by atoms with E-state index in [1.165, 1.54) is 38.5 Å². The van der Waals surface area contributed by atoms with Gasteiger partial charge in [0.2, 0.25) is 5.91 Å². The molecule has 2 aromatic carbocycles. The summed E-state index contributed by atoms with van der Waals surface area (Å²) in [4.78, 5) is 35.8. The molecule has 2 amide bonds. The maximum absolute atomic E-state index is 12.8. The van der Waals surface area contributed by atoms with Gasteiger partial charge in [-0.05, 0) is 37.6 Å². The Bertz CT molecular complexity index is 999. The molecule has 9 nitrogen and oxygen atoms in total. The topological polar surface area (TPSA) is 120 Å². The molecule has 0 aromatic heterocycles. The van der Waals surface area contributed by atoms with Crippen molar-refractivity contribution < 1.29 is 24.0 Å². The van der Waals surface area contributed by atoms with Crippen molar-refractivity contribution in [3.05, 3.63) is 51.6 Å². The quantitative estimate of drug-likeness (QED) is 0.603. The van der Waals surface area contributed by atoms with Crippen molar-refractivity contribution >= 4 is 28.9 Å². The van der Waals surface area contributed by atoms with E-state index in [9.17, 15) is 19.7 Å². The molecule has 9 heteroatoms. The van der Waals surface area contributed by atoms with E-state index < -0.39 is 16.2 Å². The van der Waals surface area contributed by atoms with Gasteiger partial charge < -0.3 is 20.1 Å². The number of rotatable bonds is 5. The molecular formula is C19H19N3O6. The number of anilines is 2. The van der Waals surface area contributed by atoms with Crippen LogP contribution in [-0.4, -0.2) is 31.0 Å². The molecular weight excluding hydrogens is 366 g/mol. The monoisotopic (exact) mass is 385 g/mol. The molecule has 0 saturated heterocycles. The number of carbonyl (C=O) groups excluding carboxylic acids is 2. The van der Waals surface area contributed by atoms with E-state index in [1.54, 1.807) is 19.9 Å². The molecule has 1 heterocycles. The van der Waals surface area contributed by atoms with Crippen LogP contribution in [0.5, 0.6) is 11.5 Å². The number of benzene rings is 2. The van der Waals surface area contributed by atoms with Crippen LogP contribution in [0.25, 0.3) is 0 Å². The SMILES string of the molecule is COc1ccc(C(=O)Nc2cc3c(cc2[N+](=O)[O-])NC(=O)C3(C)C)c(OC)c1. The van der Waals surface area contributed by atoms with E-state index in [-0.39, 0.29) is 28.6 Å². The number of nitrogens with one attached hydrogen (secondary N) is 2. The zero-order valence-corrected chi connectivity index (χ0v) is 15.8. The molecule has 0 atom stereocenters. The molecule has 3 rings (SSSR count). The number of methoxy groups -OCH3 is 2. The lowest BCUT2D eigenvalue weighted by atomic mass is 9.86. The number of ether oxygens (including phenoxy) is 2. The maximum atomic E-state index is 12.8. The number of nitrogens with zero attached hydrogens (tertiary/aromatic N) is 1. The van der Waals surface area contributed by atoms with Crippen molar-refractivity contribution in [1.82, 2.24) is 0 Å². The van der Waals surface area contributed by atoms with Crippen molar-refractivity contribution in [2.75, 3.05) is 24.9 Å². The van der Waals surface area contributed by atoms with Crippen LogP contribution >= 0.6 is 0 Å². The summed E-state index contributed by atoms with van der Waals surface area (Å²) < 4.78 is 10.3. The number of nitro benzene ring substituents is 1. The molecule has 2 aromatic rings. The second-order valence-electron chi connectivity index (χ2n) is 6.77. The van der Waals surface area contributed by atoms with Crippen LogP contribution in [0.2, 0.25) is 0 Å². The highest BCUT2D eigenvalue weighted by molar-refractivity contribution is 6.10. The summed E-state index contributed by atoms with van der Waals surface area (Å²) in [6, 6.07) is 7.33. The van der Waals surface area contributed by atoms with E-state index >= 15 is 0 Å². The van der Waals surface area contributed by atoms with Crippen molar-refractivity contribution in [1.29, 1.82) is 0 Å². The fraction of sp³-hybridized carbons (Fsp3) is 0.263. The normalized spacial score (nSPS) is 14.1. The van der Waals surface area contributed by atoms with E-state index in [0.717, 1.165) is 0 Å². The Morgan fingerprint density at radius 1 is 1.18 bits per heavy atom. The van der Waals surface area contributed by atoms with Gasteiger partial charge in [-0.2, -0.15) is 0 Å².